The van der Waals surface area contributed by atoms with Crippen LogP contribution in [0.15, 0.2) is 0 Å². The van der Waals surface area contributed by atoms with E-state index in [1.54, 1.807) is 11.3 Å². The molecular formula is C8H15N3S. The minimum atomic E-state index is 0.129. The Morgan fingerprint density at radius 3 is 2.42 bits per heavy atom. The summed E-state index contributed by atoms with van der Waals surface area (Å²) < 4.78 is 0. The largest absolute Gasteiger partial charge is 0.313 e. The standard InChI is InChI=1S/C8H15N3S/c1-8(2,3)7-11-10-6(12-7)5-9-4/h9H,5H2,1-4H3. The van der Waals surface area contributed by atoms with Gasteiger partial charge in [-0.3, -0.25) is 0 Å². The van der Waals surface area contributed by atoms with Gasteiger partial charge in [0.15, 0.2) is 0 Å². The van der Waals surface area contributed by atoms with Crippen molar-refractivity contribution in [3.63, 3.8) is 0 Å². The van der Waals surface area contributed by atoms with Crippen LogP contribution in [0.25, 0.3) is 0 Å². The fourth-order valence-electron chi connectivity index (χ4n) is 0.779. The molecule has 1 aromatic heterocycles. The highest BCUT2D eigenvalue weighted by Gasteiger charge is 2.18. The first kappa shape index (κ1) is 9.61. The molecule has 0 radical (unpaired) electrons. The number of rotatable bonds is 2. The quantitative estimate of drug-likeness (QED) is 0.759. The molecule has 12 heavy (non-hydrogen) atoms. The van der Waals surface area contributed by atoms with Gasteiger partial charge in [-0.1, -0.05) is 32.1 Å². The highest BCUT2D eigenvalue weighted by Crippen LogP contribution is 2.24. The normalized spacial score (nSPS) is 12.0. The van der Waals surface area contributed by atoms with Gasteiger partial charge in [0, 0.05) is 12.0 Å². The SMILES string of the molecule is CNCc1nnc(C(C)(C)C)s1. The number of nitrogens with zero attached hydrogens (tertiary/aromatic N) is 2. The van der Waals surface area contributed by atoms with Crippen molar-refractivity contribution in [3.05, 3.63) is 10.0 Å². The lowest BCUT2D eigenvalue weighted by Crippen LogP contribution is -2.10. The van der Waals surface area contributed by atoms with E-state index < -0.39 is 0 Å². The topological polar surface area (TPSA) is 37.8 Å². The van der Waals surface area contributed by atoms with Crippen molar-refractivity contribution in [2.24, 2.45) is 0 Å². The average molecular weight is 185 g/mol. The highest BCUT2D eigenvalue weighted by molar-refractivity contribution is 7.11. The smallest absolute Gasteiger partial charge is 0.131 e. The first-order valence-electron chi connectivity index (χ1n) is 4.01. The molecule has 0 aliphatic rings. The van der Waals surface area contributed by atoms with Gasteiger partial charge < -0.3 is 5.32 Å². The van der Waals surface area contributed by atoms with Gasteiger partial charge in [-0.2, -0.15) is 0 Å². The lowest BCUT2D eigenvalue weighted by atomic mass is 9.98. The fourth-order valence-corrected chi connectivity index (χ4v) is 1.69. The third kappa shape index (κ3) is 2.25. The van der Waals surface area contributed by atoms with Gasteiger partial charge in [0.1, 0.15) is 10.0 Å². The lowest BCUT2D eigenvalue weighted by molar-refractivity contribution is 0.577. The summed E-state index contributed by atoms with van der Waals surface area (Å²) in [6.07, 6.45) is 0. The molecule has 0 aliphatic carbocycles. The van der Waals surface area contributed by atoms with Crippen molar-refractivity contribution in [2.75, 3.05) is 7.05 Å². The van der Waals surface area contributed by atoms with Crippen molar-refractivity contribution in [2.45, 2.75) is 32.7 Å². The molecule has 1 N–H and O–H groups in total. The summed E-state index contributed by atoms with van der Waals surface area (Å²) in [7, 11) is 1.91. The zero-order chi connectivity index (χ0) is 9.19. The van der Waals surface area contributed by atoms with E-state index >= 15 is 0 Å². The average Bonchev–Trinajstić information content (AvgIpc) is 2.35. The Kier molecular flexibility index (Phi) is 2.80. The van der Waals surface area contributed by atoms with Gasteiger partial charge in [-0.15, -0.1) is 10.2 Å². The van der Waals surface area contributed by atoms with E-state index in [2.05, 4.69) is 36.3 Å². The van der Waals surface area contributed by atoms with Gasteiger partial charge in [0.2, 0.25) is 0 Å². The molecular weight excluding hydrogens is 170 g/mol. The zero-order valence-corrected chi connectivity index (χ0v) is 8.83. The first-order valence-corrected chi connectivity index (χ1v) is 4.83. The molecule has 1 aromatic rings. The van der Waals surface area contributed by atoms with Crippen LogP contribution in [0.3, 0.4) is 0 Å². The van der Waals surface area contributed by atoms with Gasteiger partial charge in [-0.25, -0.2) is 0 Å². The summed E-state index contributed by atoms with van der Waals surface area (Å²) in [4.78, 5) is 0. The molecule has 0 saturated heterocycles. The first-order chi connectivity index (χ1) is 5.54. The summed E-state index contributed by atoms with van der Waals surface area (Å²) in [6, 6.07) is 0. The number of hydrogen-bond acceptors (Lipinski definition) is 4. The third-order valence-electron chi connectivity index (χ3n) is 1.44. The lowest BCUT2D eigenvalue weighted by Gasteiger charge is -2.12. The maximum atomic E-state index is 4.13. The molecule has 68 valence electrons. The van der Waals surface area contributed by atoms with Crippen LogP contribution in [0.5, 0.6) is 0 Å². The maximum Gasteiger partial charge on any atom is 0.131 e. The molecule has 0 fully saturated rings. The number of nitrogens with one attached hydrogen (secondary N) is 1. The monoisotopic (exact) mass is 185 g/mol. The van der Waals surface area contributed by atoms with E-state index in [4.69, 9.17) is 0 Å². The Labute approximate surface area is 77.2 Å². The molecule has 4 heteroatoms. The van der Waals surface area contributed by atoms with E-state index in [0.29, 0.717) is 0 Å². The van der Waals surface area contributed by atoms with E-state index in [0.717, 1.165) is 16.6 Å². The van der Waals surface area contributed by atoms with Crippen LogP contribution >= 0.6 is 11.3 Å². The van der Waals surface area contributed by atoms with E-state index in [-0.39, 0.29) is 5.41 Å². The van der Waals surface area contributed by atoms with Crippen LogP contribution in [0.4, 0.5) is 0 Å². The molecule has 1 rings (SSSR count). The predicted molar refractivity (Wildman–Crippen MR) is 51.4 cm³/mol. The Hall–Kier alpha value is -0.480. The minimum absolute atomic E-state index is 0.129. The second-order valence-corrected chi connectivity index (χ2v) is 4.84. The van der Waals surface area contributed by atoms with E-state index in [1.165, 1.54) is 0 Å². The van der Waals surface area contributed by atoms with Crippen LogP contribution in [-0.2, 0) is 12.0 Å². The summed E-state index contributed by atoms with van der Waals surface area (Å²) in [5.74, 6) is 0. The molecule has 0 aliphatic heterocycles. The van der Waals surface area contributed by atoms with Crippen LogP contribution in [0.1, 0.15) is 30.8 Å². The summed E-state index contributed by atoms with van der Waals surface area (Å²) in [5.41, 5.74) is 0.129. The van der Waals surface area contributed by atoms with Crippen molar-refractivity contribution in [3.8, 4) is 0 Å². The maximum absolute atomic E-state index is 4.13. The van der Waals surface area contributed by atoms with Crippen LogP contribution in [0.2, 0.25) is 0 Å². The van der Waals surface area contributed by atoms with Gasteiger partial charge in [0.25, 0.3) is 0 Å². The molecule has 0 atom stereocenters. The van der Waals surface area contributed by atoms with Crippen molar-refractivity contribution in [1.29, 1.82) is 0 Å². The highest BCUT2D eigenvalue weighted by atomic mass is 32.1. The van der Waals surface area contributed by atoms with Crippen LogP contribution in [-0.4, -0.2) is 17.2 Å². The van der Waals surface area contributed by atoms with E-state index in [9.17, 15) is 0 Å². The Balaban J connectivity index is 2.77. The second-order valence-electron chi connectivity index (χ2n) is 3.78. The molecule has 0 saturated carbocycles. The third-order valence-corrected chi connectivity index (χ3v) is 2.79. The van der Waals surface area contributed by atoms with Crippen LogP contribution in [0, 0.1) is 0 Å². The van der Waals surface area contributed by atoms with Gasteiger partial charge in [-0.05, 0) is 7.05 Å². The van der Waals surface area contributed by atoms with Crippen LogP contribution < -0.4 is 5.32 Å². The number of hydrogen-bond donors (Lipinski definition) is 1. The summed E-state index contributed by atoms with van der Waals surface area (Å²) >= 11 is 1.68. The Morgan fingerprint density at radius 2 is 2.00 bits per heavy atom. The van der Waals surface area contributed by atoms with Crippen molar-refractivity contribution >= 4 is 11.3 Å². The van der Waals surface area contributed by atoms with Crippen molar-refractivity contribution < 1.29 is 0 Å². The van der Waals surface area contributed by atoms with Gasteiger partial charge in [0.05, 0.1) is 0 Å². The summed E-state index contributed by atoms with van der Waals surface area (Å²) in [5, 5.41) is 13.4. The molecule has 0 aromatic carbocycles. The second kappa shape index (κ2) is 3.49. The Bertz CT molecular complexity index is 249. The molecule has 1 heterocycles. The zero-order valence-electron chi connectivity index (χ0n) is 8.01. The van der Waals surface area contributed by atoms with Crippen molar-refractivity contribution in [1.82, 2.24) is 15.5 Å². The fraction of sp³-hybridized carbons (Fsp3) is 0.750. The van der Waals surface area contributed by atoms with E-state index in [1.807, 2.05) is 7.05 Å². The van der Waals surface area contributed by atoms with Gasteiger partial charge >= 0.3 is 0 Å². The molecule has 0 amide bonds. The molecule has 3 nitrogen and oxygen atoms in total. The summed E-state index contributed by atoms with van der Waals surface area (Å²) in [6.45, 7) is 7.26. The molecule has 0 bridgehead atoms. The molecule has 0 unspecified atom stereocenters. The Morgan fingerprint density at radius 1 is 1.33 bits per heavy atom. The molecule has 0 spiro atoms. The predicted octanol–water partition coefficient (Wildman–Crippen LogP) is 1.55. The minimum Gasteiger partial charge on any atom is -0.313 e. The number of aromatic nitrogens is 2.